The van der Waals surface area contributed by atoms with Crippen LogP contribution in [0, 0.1) is 10.1 Å². The molecular formula is C21H29N7O8. The van der Waals surface area contributed by atoms with E-state index in [1.165, 1.54) is 6.07 Å². The number of nitrogens with zero attached hydrogens (tertiary/aromatic N) is 1. The van der Waals surface area contributed by atoms with E-state index in [9.17, 15) is 34.1 Å². The van der Waals surface area contributed by atoms with E-state index in [4.69, 9.17) is 16.6 Å². The Bertz CT molecular complexity index is 1030. The van der Waals surface area contributed by atoms with Gasteiger partial charge in [0.1, 0.15) is 18.1 Å². The van der Waals surface area contributed by atoms with Gasteiger partial charge in [-0.05, 0) is 38.3 Å². The van der Waals surface area contributed by atoms with Gasteiger partial charge in [0.2, 0.25) is 17.7 Å². The lowest BCUT2D eigenvalue weighted by Gasteiger charge is -2.24. The first-order valence-corrected chi connectivity index (χ1v) is 11.2. The second kappa shape index (κ2) is 13.0. The van der Waals surface area contributed by atoms with Crippen molar-refractivity contribution in [3.63, 3.8) is 0 Å². The van der Waals surface area contributed by atoms with Crippen LogP contribution in [0.4, 0.5) is 11.4 Å². The fourth-order valence-corrected chi connectivity index (χ4v) is 3.50. The van der Waals surface area contributed by atoms with E-state index in [2.05, 4.69) is 21.3 Å². The molecule has 1 unspecified atom stereocenters. The van der Waals surface area contributed by atoms with Gasteiger partial charge in [0.15, 0.2) is 0 Å². The van der Waals surface area contributed by atoms with E-state index in [-0.39, 0.29) is 30.6 Å². The predicted molar refractivity (Wildman–Crippen MR) is 126 cm³/mol. The Hall–Kier alpha value is -4.27. The van der Waals surface area contributed by atoms with Crippen molar-refractivity contribution in [3.05, 3.63) is 33.9 Å². The maximum Gasteiger partial charge on any atom is 0.303 e. The topological polar surface area (TPSA) is 249 Å². The number of carbonyl (C=O) groups excluding carboxylic acids is 4. The maximum atomic E-state index is 13.1. The minimum absolute atomic E-state index is 0.0646. The molecule has 1 aliphatic rings. The number of benzene rings is 1. The van der Waals surface area contributed by atoms with Crippen LogP contribution in [0.15, 0.2) is 18.2 Å². The normalized spacial score (nSPS) is 20.7. The number of non-ortho nitro benzene ring substituents is 1. The van der Waals surface area contributed by atoms with Gasteiger partial charge in [0.25, 0.3) is 11.6 Å². The SMILES string of the molecule is NCCCC[C@@H]1NC(=O)[C@H](CCC(=O)O)NC(=O)c2cc([N+](=O)[O-])ccc2NCC(C(N)=O)NC1=O. The van der Waals surface area contributed by atoms with Gasteiger partial charge in [0, 0.05) is 30.8 Å². The molecular weight excluding hydrogens is 478 g/mol. The van der Waals surface area contributed by atoms with Crippen molar-refractivity contribution in [1.82, 2.24) is 16.0 Å². The van der Waals surface area contributed by atoms with Crippen molar-refractivity contribution in [2.45, 2.75) is 50.2 Å². The minimum Gasteiger partial charge on any atom is -0.481 e. The summed E-state index contributed by atoms with van der Waals surface area (Å²) in [6.45, 7) is 0.0862. The molecule has 1 aliphatic heterocycles. The minimum atomic E-state index is -1.38. The lowest BCUT2D eigenvalue weighted by atomic mass is 10.1. The molecule has 1 aromatic carbocycles. The fourth-order valence-electron chi connectivity index (χ4n) is 3.50. The van der Waals surface area contributed by atoms with Gasteiger partial charge < -0.3 is 37.8 Å². The van der Waals surface area contributed by atoms with Crippen molar-refractivity contribution < 1.29 is 34.0 Å². The van der Waals surface area contributed by atoms with Crippen LogP contribution in [0.2, 0.25) is 0 Å². The van der Waals surface area contributed by atoms with E-state index in [0.29, 0.717) is 19.4 Å². The van der Waals surface area contributed by atoms with Crippen LogP contribution >= 0.6 is 0 Å². The highest BCUT2D eigenvalue weighted by molar-refractivity contribution is 6.03. The van der Waals surface area contributed by atoms with Crippen molar-refractivity contribution in [3.8, 4) is 0 Å². The Morgan fingerprint density at radius 2 is 1.72 bits per heavy atom. The van der Waals surface area contributed by atoms with Gasteiger partial charge in [0.05, 0.1) is 10.5 Å². The van der Waals surface area contributed by atoms with E-state index >= 15 is 0 Å². The summed E-state index contributed by atoms with van der Waals surface area (Å²) in [6.07, 6.45) is 0.362. The molecule has 36 heavy (non-hydrogen) atoms. The lowest BCUT2D eigenvalue weighted by Crippen LogP contribution is -2.57. The average Bonchev–Trinajstić information content (AvgIpc) is 2.82. The zero-order chi connectivity index (χ0) is 26.8. The highest BCUT2D eigenvalue weighted by Gasteiger charge is 2.31. The van der Waals surface area contributed by atoms with E-state index < -0.39 is 64.8 Å². The molecule has 3 atom stereocenters. The molecule has 0 spiro atoms. The molecule has 0 aromatic heterocycles. The Balaban J connectivity index is 2.50. The Kier molecular flexibility index (Phi) is 10.1. The van der Waals surface area contributed by atoms with Crippen LogP contribution in [0.1, 0.15) is 42.5 Å². The number of fused-ring (bicyclic) bond motifs is 1. The zero-order valence-electron chi connectivity index (χ0n) is 19.3. The van der Waals surface area contributed by atoms with Crippen LogP contribution in [0.25, 0.3) is 0 Å². The largest absolute Gasteiger partial charge is 0.481 e. The first-order valence-electron chi connectivity index (χ1n) is 11.2. The number of hydrogen-bond donors (Lipinski definition) is 7. The molecule has 1 aromatic rings. The second-order valence-corrected chi connectivity index (χ2v) is 8.14. The molecule has 15 heteroatoms. The van der Waals surface area contributed by atoms with Crippen molar-refractivity contribution >= 4 is 41.0 Å². The molecule has 1 heterocycles. The zero-order valence-corrected chi connectivity index (χ0v) is 19.3. The van der Waals surface area contributed by atoms with Gasteiger partial charge in [-0.25, -0.2) is 0 Å². The summed E-state index contributed by atoms with van der Waals surface area (Å²) in [7, 11) is 0. The number of carboxylic acids is 1. The number of nitro benzene ring substituents is 1. The number of hydrogen-bond acceptors (Lipinski definition) is 9. The summed E-state index contributed by atoms with van der Waals surface area (Å²) in [6, 6.07) is -0.429. The van der Waals surface area contributed by atoms with Crippen LogP contribution in [0.3, 0.4) is 0 Å². The molecule has 0 saturated carbocycles. The molecule has 4 amide bonds. The number of nitrogens with two attached hydrogens (primary N) is 2. The van der Waals surface area contributed by atoms with Gasteiger partial charge in [-0.1, -0.05) is 0 Å². The summed E-state index contributed by atoms with van der Waals surface area (Å²) in [5.41, 5.74) is 10.3. The third-order valence-corrected chi connectivity index (χ3v) is 5.46. The number of anilines is 1. The number of aliphatic carboxylic acids is 1. The number of unbranched alkanes of at least 4 members (excludes halogenated alkanes) is 1. The van der Waals surface area contributed by atoms with Crippen LogP contribution in [-0.2, 0) is 19.2 Å². The van der Waals surface area contributed by atoms with Crippen LogP contribution < -0.4 is 32.7 Å². The number of carbonyl (C=O) groups is 5. The molecule has 0 bridgehead atoms. The van der Waals surface area contributed by atoms with Crippen molar-refractivity contribution in [1.29, 1.82) is 0 Å². The molecule has 0 radical (unpaired) electrons. The van der Waals surface area contributed by atoms with Crippen LogP contribution in [0.5, 0.6) is 0 Å². The van der Waals surface area contributed by atoms with Gasteiger partial charge in [-0.2, -0.15) is 0 Å². The molecule has 0 fully saturated rings. The van der Waals surface area contributed by atoms with Crippen LogP contribution in [-0.4, -0.2) is 70.8 Å². The van der Waals surface area contributed by atoms with E-state index in [1.807, 2.05) is 0 Å². The third kappa shape index (κ3) is 7.90. The number of nitrogens with one attached hydrogen (secondary N) is 4. The Labute approximate surface area is 205 Å². The number of rotatable bonds is 9. The van der Waals surface area contributed by atoms with E-state index in [1.54, 1.807) is 0 Å². The Morgan fingerprint density at radius 3 is 2.33 bits per heavy atom. The molecule has 0 aliphatic carbocycles. The maximum absolute atomic E-state index is 13.1. The summed E-state index contributed by atoms with van der Waals surface area (Å²) in [4.78, 5) is 72.6. The Morgan fingerprint density at radius 1 is 1.06 bits per heavy atom. The average molecular weight is 508 g/mol. The predicted octanol–water partition coefficient (Wildman–Crippen LogP) is -1.43. The van der Waals surface area contributed by atoms with Gasteiger partial charge in [-0.15, -0.1) is 0 Å². The molecule has 2 rings (SSSR count). The third-order valence-electron chi connectivity index (χ3n) is 5.46. The lowest BCUT2D eigenvalue weighted by molar-refractivity contribution is -0.384. The standard InChI is InChI=1S/C21H29N7O8/c22-8-2-1-3-14-20(33)27-16(18(23)31)10-24-13-5-4-11(28(35)36)9-12(13)19(32)25-15(21(34)26-14)6-7-17(29)30/h4-5,9,14-16,24H,1-3,6-8,10,22H2,(H2,23,31)(H,25,32)(H,26,34)(H,27,33)(H,29,30)/t14-,15-,16?/m0/s1. The highest BCUT2D eigenvalue weighted by Crippen LogP contribution is 2.23. The molecule has 0 saturated heterocycles. The quantitative estimate of drug-likeness (QED) is 0.116. The summed E-state index contributed by atoms with van der Waals surface area (Å²) < 4.78 is 0. The molecule has 196 valence electrons. The van der Waals surface area contributed by atoms with Gasteiger partial charge in [-0.3, -0.25) is 34.1 Å². The fraction of sp³-hybridized carbons (Fsp3) is 0.476. The first-order chi connectivity index (χ1) is 17.0. The summed E-state index contributed by atoms with van der Waals surface area (Å²) >= 11 is 0. The number of primary amides is 1. The molecule has 15 nitrogen and oxygen atoms in total. The smallest absolute Gasteiger partial charge is 0.303 e. The summed E-state index contributed by atoms with van der Waals surface area (Å²) in [5.74, 6) is -4.57. The monoisotopic (exact) mass is 507 g/mol. The number of nitro groups is 1. The summed E-state index contributed by atoms with van der Waals surface area (Å²) in [5, 5.41) is 30.4. The van der Waals surface area contributed by atoms with E-state index in [0.717, 1.165) is 12.1 Å². The highest BCUT2D eigenvalue weighted by atomic mass is 16.6. The number of carboxylic acid groups (broad SMARTS) is 1. The molecule has 9 N–H and O–H groups in total. The number of amides is 4. The van der Waals surface area contributed by atoms with Crippen molar-refractivity contribution in [2.24, 2.45) is 11.5 Å². The van der Waals surface area contributed by atoms with Gasteiger partial charge >= 0.3 is 5.97 Å². The second-order valence-electron chi connectivity index (χ2n) is 8.14. The first kappa shape index (κ1) is 28.0. The van der Waals surface area contributed by atoms with Crippen molar-refractivity contribution in [2.75, 3.05) is 18.4 Å².